The lowest BCUT2D eigenvalue weighted by atomic mass is 10.0. The Morgan fingerprint density at radius 1 is 1.53 bits per heavy atom. The molecule has 2 N–H and O–H groups in total. The van der Waals surface area contributed by atoms with Crippen LogP contribution in [0.4, 0.5) is 0 Å². The highest BCUT2D eigenvalue weighted by molar-refractivity contribution is 5.92. The topological polar surface area (TPSA) is 92.4 Å². The van der Waals surface area contributed by atoms with E-state index in [0.717, 1.165) is 0 Å². The van der Waals surface area contributed by atoms with Crippen LogP contribution in [0, 0.1) is 12.8 Å². The smallest absolute Gasteiger partial charge is 0.305 e. The molecular weight excluding hydrogens is 224 g/mol. The molecule has 1 amide bonds. The summed E-state index contributed by atoms with van der Waals surface area (Å²) in [6, 6.07) is -0.426. The Morgan fingerprint density at radius 2 is 2.18 bits per heavy atom. The molecule has 1 atom stereocenters. The highest BCUT2D eigenvalue weighted by Crippen LogP contribution is 2.10. The van der Waals surface area contributed by atoms with E-state index >= 15 is 0 Å². The van der Waals surface area contributed by atoms with Crippen molar-refractivity contribution in [3.8, 4) is 0 Å². The number of amides is 1. The Bertz CT molecular complexity index is 411. The van der Waals surface area contributed by atoms with Crippen molar-refractivity contribution in [1.82, 2.24) is 10.3 Å². The molecule has 6 heteroatoms. The number of rotatable bonds is 5. The van der Waals surface area contributed by atoms with Crippen LogP contribution < -0.4 is 5.32 Å². The number of aliphatic carboxylic acids is 1. The Balaban J connectivity index is 2.71. The van der Waals surface area contributed by atoms with Gasteiger partial charge in [0.1, 0.15) is 0 Å². The molecule has 0 saturated carbocycles. The van der Waals surface area contributed by atoms with Crippen LogP contribution in [-0.4, -0.2) is 28.0 Å². The summed E-state index contributed by atoms with van der Waals surface area (Å²) in [6.07, 6.45) is 1.07. The molecule has 0 aliphatic heterocycles. The molecule has 1 heterocycles. The van der Waals surface area contributed by atoms with Crippen LogP contribution in [0.3, 0.4) is 0 Å². The van der Waals surface area contributed by atoms with Crippen LogP contribution in [0.1, 0.15) is 36.5 Å². The zero-order chi connectivity index (χ0) is 13.0. The van der Waals surface area contributed by atoms with E-state index in [1.807, 2.05) is 13.8 Å². The van der Waals surface area contributed by atoms with Crippen molar-refractivity contribution in [2.75, 3.05) is 0 Å². The van der Waals surface area contributed by atoms with Gasteiger partial charge in [-0.3, -0.25) is 9.59 Å². The SMILES string of the molecule is Cc1ncoc1C(=O)NC(CC(=O)O)C(C)C. The van der Waals surface area contributed by atoms with Crippen LogP contribution in [-0.2, 0) is 4.79 Å². The second-order valence-corrected chi connectivity index (χ2v) is 4.19. The largest absolute Gasteiger partial charge is 0.481 e. The molecule has 1 aromatic rings. The van der Waals surface area contributed by atoms with Gasteiger partial charge in [0.2, 0.25) is 5.76 Å². The number of hydrogen-bond donors (Lipinski definition) is 2. The van der Waals surface area contributed by atoms with Gasteiger partial charge in [0.15, 0.2) is 6.39 Å². The third-order valence-electron chi connectivity index (χ3n) is 2.47. The van der Waals surface area contributed by atoms with Crippen molar-refractivity contribution in [3.05, 3.63) is 17.8 Å². The van der Waals surface area contributed by atoms with Gasteiger partial charge >= 0.3 is 5.97 Å². The third-order valence-corrected chi connectivity index (χ3v) is 2.47. The molecule has 0 saturated heterocycles. The summed E-state index contributed by atoms with van der Waals surface area (Å²) in [5.41, 5.74) is 0.486. The second-order valence-electron chi connectivity index (χ2n) is 4.19. The first-order valence-corrected chi connectivity index (χ1v) is 5.34. The first-order valence-electron chi connectivity index (χ1n) is 5.34. The highest BCUT2D eigenvalue weighted by Gasteiger charge is 2.22. The van der Waals surface area contributed by atoms with E-state index in [0.29, 0.717) is 5.69 Å². The highest BCUT2D eigenvalue weighted by atomic mass is 16.4. The van der Waals surface area contributed by atoms with Crippen molar-refractivity contribution < 1.29 is 19.1 Å². The molecule has 0 bridgehead atoms. The molecule has 0 radical (unpaired) electrons. The van der Waals surface area contributed by atoms with E-state index < -0.39 is 17.9 Å². The second kappa shape index (κ2) is 5.47. The first kappa shape index (κ1) is 13.2. The van der Waals surface area contributed by atoms with Crippen molar-refractivity contribution in [2.45, 2.75) is 33.2 Å². The number of oxazole rings is 1. The normalized spacial score (nSPS) is 12.5. The molecule has 6 nitrogen and oxygen atoms in total. The molecule has 0 spiro atoms. The standard InChI is InChI=1S/C11H16N2O4/c1-6(2)8(4-9(14)15)13-11(16)10-7(3)12-5-17-10/h5-6,8H,4H2,1-3H3,(H,13,16)(H,14,15). The predicted molar refractivity (Wildman–Crippen MR) is 59.6 cm³/mol. The molecule has 0 fully saturated rings. The van der Waals surface area contributed by atoms with Gasteiger partial charge in [-0.1, -0.05) is 13.8 Å². The number of carbonyl (C=O) groups excluding carboxylic acids is 1. The van der Waals surface area contributed by atoms with Crippen molar-refractivity contribution >= 4 is 11.9 Å². The number of carboxylic acids is 1. The summed E-state index contributed by atoms with van der Waals surface area (Å²) >= 11 is 0. The van der Waals surface area contributed by atoms with Gasteiger partial charge in [-0.15, -0.1) is 0 Å². The summed E-state index contributed by atoms with van der Waals surface area (Å²) in [5.74, 6) is -1.22. The Labute approximate surface area is 99.0 Å². The average molecular weight is 240 g/mol. The molecule has 17 heavy (non-hydrogen) atoms. The average Bonchev–Trinajstić information content (AvgIpc) is 2.62. The number of nitrogens with one attached hydrogen (secondary N) is 1. The molecule has 1 unspecified atom stereocenters. The van der Waals surface area contributed by atoms with Crippen molar-refractivity contribution in [1.29, 1.82) is 0 Å². The molecule has 0 aliphatic carbocycles. The van der Waals surface area contributed by atoms with Crippen molar-refractivity contribution in [3.63, 3.8) is 0 Å². The van der Waals surface area contributed by atoms with E-state index in [1.54, 1.807) is 6.92 Å². The fraction of sp³-hybridized carbons (Fsp3) is 0.545. The Hall–Kier alpha value is -1.85. The van der Waals surface area contributed by atoms with Crippen LogP contribution >= 0.6 is 0 Å². The van der Waals surface area contributed by atoms with Crippen LogP contribution in [0.25, 0.3) is 0 Å². The number of carboxylic acid groups (broad SMARTS) is 1. The van der Waals surface area contributed by atoms with E-state index in [-0.39, 0.29) is 18.1 Å². The van der Waals surface area contributed by atoms with E-state index in [2.05, 4.69) is 10.3 Å². The van der Waals surface area contributed by atoms with Crippen LogP contribution in [0.15, 0.2) is 10.8 Å². The minimum atomic E-state index is -0.946. The maximum Gasteiger partial charge on any atom is 0.305 e. The Morgan fingerprint density at radius 3 is 2.59 bits per heavy atom. The Kier molecular flexibility index (Phi) is 4.25. The van der Waals surface area contributed by atoms with E-state index in [4.69, 9.17) is 9.52 Å². The van der Waals surface area contributed by atoms with Gasteiger partial charge in [-0.25, -0.2) is 4.98 Å². The van der Waals surface area contributed by atoms with Gasteiger partial charge in [0.25, 0.3) is 5.91 Å². The number of hydrogen-bond acceptors (Lipinski definition) is 4. The summed E-state index contributed by atoms with van der Waals surface area (Å²) in [6.45, 7) is 5.35. The summed E-state index contributed by atoms with van der Waals surface area (Å²) in [4.78, 5) is 26.3. The van der Waals surface area contributed by atoms with Crippen LogP contribution in [0.5, 0.6) is 0 Å². The first-order chi connectivity index (χ1) is 7.91. The van der Waals surface area contributed by atoms with E-state index in [1.165, 1.54) is 6.39 Å². The lowest BCUT2D eigenvalue weighted by molar-refractivity contribution is -0.137. The lowest BCUT2D eigenvalue weighted by Crippen LogP contribution is -2.40. The van der Waals surface area contributed by atoms with Gasteiger partial charge in [-0.2, -0.15) is 0 Å². The third kappa shape index (κ3) is 3.58. The number of carbonyl (C=O) groups is 2. The molecule has 94 valence electrons. The maximum atomic E-state index is 11.8. The number of nitrogens with zero attached hydrogens (tertiary/aromatic N) is 1. The zero-order valence-corrected chi connectivity index (χ0v) is 10.1. The number of aromatic nitrogens is 1. The van der Waals surface area contributed by atoms with Gasteiger partial charge in [-0.05, 0) is 12.8 Å². The van der Waals surface area contributed by atoms with E-state index in [9.17, 15) is 9.59 Å². The van der Waals surface area contributed by atoms with Gasteiger partial charge in [0.05, 0.1) is 12.1 Å². The molecule has 1 rings (SSSR count). The minimum Gasteiger partial charge on any atom is -0.481 e. The lowest BCUT2D eigenvalue weighted by Gasteiger charge is -2.19. The fourth-order valence-electron chi connectivity index (χ4n) is 1.40. The monoisotopic (exact) mass is 240 g/mol. The molecule has 0 aliphatic rings. The predicted octanol–water partition coefficient (Wildman–Crippen LogP) is 1.21. The van der Waals surface area contributed by atoms with Crippen molar-refractivity contribution in [2.24, 2.45) is 5.92 Å². The van der Waals surface area contributed by atoms with Gasteiger partial charge in [0, 0.05) is 6.04 Å². The summed E-state index contributed by atoms with van der Waals surface area (Å²) in [7, 11) is 0. The minimum absolute atomic E-state index is 0.0262. The molecule has 0 aromatic carbocycles. The molecule has 1 aromatic heterocycles. The summed E-state index contributed by atoms with van der Waals surface area (Å²) in [5, 5.41) is 11.4. The fourth-order valence-corrected chi connectivity index (χ4v) is 1.40. The van der Waals surface area contributed by atoms with Crippen LogP contribution in [0.2, 0.25) is 0 Å². The quantitative estimate of drug-likeness (QED) is 0.807. The molecular formula is C11H16N2O4. The zero-order valence-electron chi connectivity index (χ0n) is 10.1. The summed E-state index contributed by atoms with van der Waals surface area (Å²) < 4.78 is 4.94. The number of aryl methyl sites for hydroxylation is 1. The maximum absolute atomic E-state index is 11.8. The van der Waals surface area contributed by atoms with Gasteiger partial charge < -0.3 is 14.8 Å².